The SMILES string of the molecule is O=C(Nc1cc(S(=O)(=O)N2CCCC2)ccc1O)c1cc(Cl)c2c(c1)OCCO2. The van der Waals surface area contributed by atoms with Gasteiger partial charge in [0, 0.05) is 18.7 Å². The van der Waals surface area contributed by atoms with Crippen molar-refractivity contribution in [1.29, 1.82) is 0 Å². The van der Waals surface area contributed by atoms with E-state index in [1.807, 2.05) is 0 Å². The zero-order chi connectivity index (χ0) is 20.6. The van der Waals surface area contributed by atoms with E-state index in [0.717, 1.165) is 12.8 Å². The van der Waals surface area contributed by atoms with Crippen LogP contribution in [0.25, 0.3) is 0 Å². The van der Waals surface area contributed by atoms with Crippen LogP contribution in [0, 0.1) is 0 Å². The Hall–Kier alpha value is -2.49. The van der Waals surface area contributed by atoms with Crippen LogP contribution in [-0.4, -0.2) is 50.0 Å². The number of aromatic hydroxyl groups is 1. The molecule has 0 saturated carbocycles. The first kappa shape index (κ1) is 19.8. The van der Waals surface area contributed by atoms with Crippen LogP contribution in [0.3, 0.4) is 0 Å². The number of phenols is 1. The highest BCUT2D eigenvalue weighted by Crippen LogP contribution is 2.38. The van der Waals surface area contributed by atoms with Crippen molar-refractivity contribution in [3.8, 4) is 17.2 Å². The number of hydrogen-bond acceptors (Lipinski definition) is 6. The molecule has 2 aromatic rings. The molecule has 0 bridgehead atoms. The lowest BCUT2D eigenvalue weighted by Crippen LogP contribution is -2.28. The molecule has 8 nitrogen and oxygen atoms in total. The lowest BCUT2D eigenvalue weighted by Gasteiger charge is -2.20. The molecule has 1 amide bonds. The second kappa shape index (κ2) is 7.74. The monoisotopic (exact) mass is 438 g/mol. The summed E-state index contributed by atoms with van der Waals surface area (Å²) in [5, 5.41) is 12.9. The van der Waals surface area contributed by atoms with Crippen molar-refractivity contribution in [3.05, 3.63) is 40.9 Å². The summed E-state index contributed by atoms with van der Waals surface area (Å²) in [5.74, 6) is -0.100. The number of nitrogens with one attached hydrogen (secondary N) is 1. The molecule has 1 fully saturated rings. The quantitative estimate of drug-likeness (QED) is 0.711. The first-order chi connectivity index (χ1) is 13.9. The van der Waals surface area contributed by atoms with Crippen LogP contribution < -0.4 is 14.8 Å². The van der Waals surface area contributed by atoms with Crippen molar-refractivity contribution in [2.75, 3.05) is 31.6 Å². The maximum Gasteiger partial charge on any atom is 0.255 e. The van der Waals surface area contributed by atoms with Gasteiger partial charge in [0.2, 0.25) is 10.0 Å². The van der Waals surface area contributed by atoms with E-state index < -0.39 is 15.9 Å². The molecule has 0 unspecified atom stereocenters. The average molecular weight is 439 g/mol. The molecule has 2 aromatic carbocycles. The standard InChI is InChI=1S/C19H19ClN2O6S/c20-14-9-12(10-17-18(14)28-8-7-27-17)19(24)21-15-11-13(3-4-16(15)23)29(25,26)22-5-1-2-6-22/h3-4,9-11,23H,1-2,5-8H2,(H,21,24). The number of fused-ring (bicyclic) bond motifs is 1. The molecule has 2 aliphatic heterocycles. The minimum atomic E-state index is -3.68. The fourth-order valence-electron chi connectivity index (χ4n) is 3.29. The molecule has 2 aliphatic rings. The Bertz CT molecular complexity index is 1070. The number of carbonyl (C=O) groups is 1. The van der Waals surface area contributed by atoms with Gasteiger partial charge in [-0.25, -0.2) is 8.42 Å². The number of anilines is 1. The molecule has 0 atom stereocenters. The van der Waals surface area contributed by atoms with Gasteiger partial charge in [0.05, 0.1) is 15.6 Å². The van der Waals surface area contributed by atoms with Gasteiger partial charge in [0.15, 0.2) is 11.5 Å². The van der Waals surface area contributed by atoms with Gasteiger partial charge in [0.25, 0.3) is 5.91 Å². The Kier molecular flexibility index (Phi) is 5.28. The van der Waals surface area contributed by atoms with Crippen molar-refractivity contribution in [1.82, 2.24) is 4.31 Å². The largest absolute Gasteiger partial charge is 0.506 e. The summed E-state index contributed by atoms with van der Waals surface area (Å²) < 4.78 is 37.8. The Labute approximate surface area is 173 Å². The van der Waals surface area contributed by atoms with Gasteiger partial charge in [0.1, 0.15) is 19.0 Å². The molecule has 2 heterocycles. The number of hydrogen-bond donors (Lipinski definition) is 2. The summed E-state index contributed by atoms with van der Waals surface area (Å²) in [4.78, 5) is 12.7. The topological polar surface area (TPSA) is 105 Å². The lowest BCUT2D eigenvalue weighted by atomic mass is 10.1. The summed E-state index contributed by atoms with van der Waals surface area (Å²) in [5.41, 5.74) is 0.174. The smallest absolute Gasteiger partial charge is 0.255 e. The number of rotatable bonds is 4. The van der Waals surface area contributed by atoms with Crippen LogP contribution in [0.4, 0.5) is 5.69 Å². The van der Waals surface area contributed by atoms with Crippen molar-refractivity contribution >= 4 is 33.2 Å². The van der Waals surface area contributed by atoms with Crippen molar-refractivity contribution in [2.24, 2.45) is 0 Å². The average Bonchev–Trinajstić information content (AvgIpc) is 3.25. The van der Waals surface area contributed by atoms with E-state index in [-0.39, 0.29) is 26.9 Å². The number of benzene rings is 2. The number of amides is 1. The number of ether oxygens (including phenoxy) is 2. The van der Waals surface area contributed by atoms with Crippen LogP contribution in [0.5, 0.6) is 17.2 Å². The van der Waals surface area contributed by atoms with Crippen LogP contribution in [-0.2, 0) is 10.0 Å². The molecule has 2 N–H and O–H groups in total. The lowest BCUT2D eigenvalue weighted by molar-refractivity contribution is 0.102. The highest BCUT2D eigenvalue weighted by Gasteiger charge is 2.28. The first-order valence-electron chi connectivity index (χ1n) is 9.10. The summed E-state index contributed by atoms with van der Waals surface area (Å²) in [6.07, 6.45) is 1.62. The Balaban J connectivity index is 1.61. The van der Waals surface area contributed by atoms with E-state index in [4.69, 9.17) is 21.1 Å². The third kappa shape index (κ3) is 3.85. The van der Waals surface area contributed by atoms with Crippen LogP contribution in [0.15, 0.2) is 35.2 Å². The molecule has 0 spiro atoms. The third-order valence-electron chi connectivity index (χ3n) is 4.78. The van der Waals surface area contributed by atoms with E-state index in [9.17, 15) is 18.3 Å². The van der Waals surface area contributed by atoms with Gasteiger partial charge in [-0.3, -0.25) is 4.79 Å². The molecule has 29 heavy (non-hydrogen) atoms. The molecule has 10 heteroatoms. The van der Waals surface area contributed by atoms with Gasteiger partial charge in [-0.2, -0.15) is 4.31 Å². The molecular formula is C19H19ClN2O6S. The number of phenolic OH excluding ortho intramolecular Hbond substituents is 1. The zero-order valence-electron chi connectivity index (χ0n) is 15.4. The minimum Gasteiger partial charge on any atom is -0.506 e. The fourth-order valence-corrected chi connectivity index (χ4v) is 5.10. The highest BCUT2D eigenvalue weighted by atomic mass is 35.5. The van der Waals surface area contributed by atoms with E-state index in [1.165, 1.54) is 34.6 Å². The van der Waals surface area contributed by atoms with Gasteiger partial charge in [-0.05, 0) is 43.2 Å². The maximum atomic E-state index is 12.7. The number of sulfonamides is 1. The fraction of sp³-hybridized carbons (Fsp3) is 0.316. The summed E-state index contributed by atoms with van der Waals surface area (Å²) in [6, 6.07) is 6.72. The minimum absolute atomic E-state index is 0.00714. The Morgan fingerprint density at radius 3 is 2.59 bits per heavy atom. The molecule has 0 radical (unpaired) electrons. The molecule has 1 saturated heterocycles. The molecule has 0 aromatic heterocycles. The summed E-state index contributed by atoms with van der Waals surface area (Å²) in [6.45, 7) is 1.62. The van der Waals surface area contributed by atoms with Gasteiger partial charge in [-0.1, -0.05) is 11.6 Å². The van der Waals surface area contributed by atoms with Crippen molar-refractivity contribution in [2.45, 2.75) is 17.7 Å². The molecular weight excluding hydrogens is 420 g/mol. The number of halogens is 1. The van der Waals surface area contributed by atoms with Gasteiger partial charge >= 0.3 is 0 Å². The maximum absolute atomic E-state index is 12.7. The second-order valence-corrected chi connectivity index (χ2v) is 9.07. The van der Waals surface area contributed by atoms with Gasteiger partial charge in [-0.15, -0.1) is 0 Å². The predicted molar refractivity (Wildman–Crippen MR) is 106 cm³/mol. The zero-order valence-corrected chi connectivity index (χ0v) is 16.9. The summed E-state index contributed by atoms with van der Waals surface area (Å²) >= 11 is 6.16. The third-order valence-corrected chi connectivity index (χ3v) is 6.95. The van der Waals surface area contributed by atoms with Crippen molar-refractivity contribution < 1.29 is 27.8 Å². The van der Waals surface area contributed by atoms with Crippen LogP contribution >= 0.6 is 11.6 Å². The van der Waals surface area contributed by atoms with E-state index >= 15 is 0 Å². The normalized spacial score (nSPS) is 16.6. The van der Waals surface area contributed by atoms with Crippen molar-refractivity contribution in [3.63, 3.8) is 0 Å². The molecule has 0 aliphatic carbocycles. The van der Waals surface area contributed by atoms with Gasteiger partial charge < -0.3 is 19.9 Å². The Morgan fingerprint density at radius 1 is 1.10 bits per heavy atom. The number of nitrogens with zero attached hydrogens (tertiary/aromatic N) is 1. The molecule has 154 valence electrons. The first-order valence-corrected chi connectivity index (χ1v) is 10.9. The number of carbonyl (C=O) groups excluding carboxylic acids is 1. The van der Waals surface area contributed by atoms with E-state index in [0.29, 0.717) is 37.8 Å². The highest BCUT2D eigenvalue weighted by molar-refractivity contribution is 7.89. The second-order valence-electron chi connectivity index (χ2n) is 6.73. The predicted octanol–water partition coefficient (Wildman–Crippen LogP) is 2.85. The summed E-state index contributed by atoms with van der Waals surface area (Å²) in [7, 11) is -3.68. The van der Waals surface area contributed by atoms with Crippen LogP contribution in [0.2, 0.25) is 5.02 Å². The van der Waals surface area contributed by atoms with E-state index in [2.05, 4.69) is 5.32 Å². The van der Waals surface area contributed by atoms with E-state index in [1.54, 1.807) is 0 Å². The Morgan fingerprint density at radius 2 is 1.83 bits per heavy atom. The molecule has 4 rings (SSSR count). The van der Waals surface area contributed by atoms with Crippen LogP contribution in [0.1, 0.15) is 23.2 Å².